The highest BCUT2D eigenvalue weighted by atomic mass is 35.5. The first-order chi connectivity index (χ1) is 12.2. The lowest BCUT2D eigenvalue weighted by molar-refractivity contribution is 0.144. The van der Waals surface area contributed by atoms with Gasteiger partial charge in [-0.2, -0.15) is 0 Å². The zero-order chi connectivity index (χ0) is 17.6. The second-order valence-corrected chi connectivity index (χ2v) is 8.10. The van der Waals surface area contributed by atoms with Gasteiger partial charge in [0, 0.05) is 17.6 Å². The molecular formula is C19H23ClFNO2S. The third kappa shape index (κ3) is 4.93. The largest absolute Gasteiger partial charge is 0.488 e. The van der Waals surface area contributed by atoms with Crippen LogP contribution in [0.5, 0.6) is 5.75 Å². The van der Waals surface area contributed by atoms with Gasteiger partial charge in [-0.25, -0.2) is 9.37 Å². The normalized spacial score (nSPS) is 15.5. The van der Waals surface area contributed by atoms with E-state index in [0.717, 1.165) is 22.6 Å². The lowest BCUT2D eigenvalue weighted by atomic mass is 9.86. The molecule has 2 aromatic rings. The Morgan fingerprint density at radius 2 is 2.04 bits per heavy atom. The molecule has 0 radical (unpaired) electrons. The molecule has 25 heavy (non-hydrogen) atoms. The minimum Gasteiger partial charge on any atom is -0.488 e. The van der Waals surface area contributed by atoms with E-state index >= 15 is 0 Å². The quantitative estimate of drug-likeness (QED) is 0.570. The molecule has 0 bridgehead atoms. The number of aromatic nitrogens is 1. The lowest BCUT2D eigenvalue weighted by Crippen LogP contribution is -2.09. The fraction of sp³-hybridized carbons (Fsp3) is 0.526. The van der Waals surface area contributed by atoms with Crippen LogP contribution in [0.2, 0.25) is 4.47 Å². The summed E-state index contributed by atoms with van der Waals surface area (Å²) in [6.45, 7) is 0.747. The smallest absolute Gasteiger partial charge is 0.184 e. The molecule has 0 amide bonds. The van der Waals surface area contributed by atoms with Crippen LogP contribution in [0, 0.1) is 11.7 Å². The maximum Gasteiger partial charge on any atom is 0.184 e. The second kappa shape index (κ2) is 8.97. The molecule has 0 N–H and O–H groups in total. The van der Waals surface area contributed by atoms with Crippen LogP contribution >= 0.6 is 22.9 Å². The van der Waals surface area contributed by atoms with Crippen molar-refractivity contribution in [2.45, 2.75) is 38.5 Å². The van der Waals surface area contributed by atoms with Gasteiger partial charge in [0.05, 0.1) is 12.3 Å². The molecule has 1 fully saturated rings. The van der Waals surface area contributed by atoms with Crippen molar-refractivity contribution in [1.82, 2.24) is 4.98 Å². The first-order valence-corrected chi connectivity index (χ1v) is 9.93. The molecule has 1 aliphatic carbocycles. The molecule has 1 aliphatic rings. The number of halogens is 2. The molecule has 6 heteroatoms. The maximum absolute atomic E-state index is 14.3. The minimum atomic E-state index is -0.388. The van der Waals surface area contributed by atoms with E-state index in [-0.39, 0.29) is 11.6 Å². The van der Waals surface area contributed by atoms with Crippen molar-refractivity contribution >= 4 is 22.9 Å². The Kier molecular flexibility index (Phi) is 6.68. The monoisotopic (exact) mass is 383 g/mol. The Bertz CT molecular complexity index is 701. The predicted molar refractivity (Wildman–Crippen MR) is 100 cm³/mol. The average Bonchev–Trinajstić information content (AvgIpc) is 2.97. The number of hydrogen-bond acceptors (Lipinski definition) is 4. The fourth-order valence-electron chi connectivity index (χ4n) is 3.34. The molecule has 0 aliphatic heterocycles. The van der Waals surface area contributed by atoms with E-state index in [2.05, 4.69) is 4.98 Å². The molecule has 0 saturated heterocycles. The molecule has 1 aromatic carbocycles. The van der Waals surface area contributed by atoms with E-state index < -0.39 is 0 Å². The zero-order valence-electron chi connectivity index (χ0n) is 14.4. The van der Waals surface area contributed by atoms with Crippen LogP contribution < -0.4 is 4.74 Å². The fourth-order valence-corrected chi connectivity index (χ4v) is 4.62. The molecule has 0 spiro atoms. The van der Waals surface area contributed by atoms with Crippen molar-refractivity contribution in [2.75, 3.05) is 20.3 Å². The molecule has 1 saturated carbocycles. The van der Waals surface area contributed by atoms with Crippen molar-refractivity contribution < 1.29 is 13.9 Å². The van der Waals surface area contributed by atoms with E-state index in [1.165, 1.54) is 49.5 Å². The standard InChI is InChI=1S/C19H23ClFNO2S/c1-23-9-10-24-16-8-7-14(12-15(16)21)18-17(25-19(20)22-18)11-13-5-3-2-4-6-13/h7-8,12-13H,2-6,9-11H2,1H3. The lowest BCUT2D eigenvalue weighted by Gasteiger charge is -2.21. The van der Waals surface area contributed by atoms with Crippen molar-refractivity contribution in [2.24, 2.45) is 5.92 Å². The van der Waals surface area contributed by atoms with Gasteiger partial charge in [0.2, 0.25) is 0 Å². The number of nitrogens with zero attached hydrogens (tertiary/aromatic N) is 1. The number of methoxy groups -OCH3 is 1. The van der Waals surface area contributed by atoms with E-state index in [1.54, 1.807) is 13.2 Å². The van der Waals surface area contributed by atoms with Gasteiger partial charge in [0.25, 0.3) is 0 Å². The number of rotatable bonds is 7. The highest BCUT2D eigenvalue weighted by molar-refractivity contribution is 7.16. The van der Waals surface area contributed by atoms with Crippen LogP contribution in [0.3, 0.4) is 0 Å². The van der Waals surface area contributed by atoms with Crippen LogP contribution in [0.25, 0.3) is 11.3 Å². The Labute approximate surface area is 157 Å². The van der Waals surface area contributed by atoms with Gasteiger partial charge in [0.15, 0.2) is 16.0 Å². The van der Waals surface area contributed by atoms with Crippen LogP contribution in [0.1, 0.15) is 37.0 Å². The highest BCUT2D eigenvalue weighted by Gasteiger charge is 2.20. The Morgan fingerprint density at radius 1 is 1.24 bits per heavy atom. The molecule has 136 valence electrons. The maximum atomic E-state index is 14.3. The topological polar surface area (TPSA) is 31.4 Å². The third-order valence-electron chi connectivity index (χ3n) is 4.62. The summed E-state index contributed by atoms with van der Waals surface area (Å²) < 4.78 is 25.1. The third-order valence-corrected chi connectivity index (χ3v) is 5.80. The van der Waals surface area contributed by atoms with Gasteiger partial charge in [-0.15, -0.1) is 11.3 Å². The molecule has 0 atom stereocenters. The highest BCUT2D eigenvalue weighted by Crippen LogP contribution is 2.37. The molecule has 3 nitrogen and oxygen atoms in total. The Morgan fingerprint density at radius 3 is 2.76 bits per heavy atom. The molecule has 3 rings (SSSR count). The first-order valence-electron chi connectivity index (χ1n) is 8.74. The van der Waals surface area contributed by atoms with Crippen molar-refractivity contribution in [3.8, 4) is 17.0 Å². The number of ether oxygens (including phenoxy) is 2. The number of thiazole rings is 1. The summed E-state index contributed by atoms with van der Waals surface area (Å²) in [6, 6.07) is 4.98. The van der Waals surface area contributed by atoms with E-state index in [0.29, 0.717) is 23.6 Å². The summed E-state index contributed by atoms with van der Waals surface area (Å²) >= 11 is 7.68. The van der Waals surface area contributed by atoms with E-state index in [9.17, 15) is 4.39 Å². The average molecular weight is 384 g/mol. The van der Waals surface area contributed by atoms with Crippen molar-refractivity contribution in [3.05, 3.63) is 33.4 Å². The first kappa shape index (κ1) is 18.6. The summed E-state index contributed by atoms with van der Waals surface area (Å²) in [4.78, 5) is 5.61. The van der Waals surface area contributed by atoms with Crippen LogP contribution in [-0.4, -0.2) is 25.3 Å². The number of benzene rings is 1. The summed E-state index contributed by atoms with van der Waals surface area (Å²) in [5.74, 6) is 0.530. The van der Waals surface area contributed by atoms with Gasteiger partial charge in [-0.1, -0.05) is 43.7 Å². The summed E-state index contributed by atoms with van der Waals surface area (Å²) in [5, 5.41) is 0. The van der Waals surface area contributed by atoms with E-state index in [1.807, 2.05) is 6.07 Å². The zero-order valence-corrected chi connectivity index (χ0v) is 16.0. The van der Waals surface area contributed by atoms with Crippen molar-refractivity contribution in [3.63, 3.8) is 0 Å². The summed E-state index contributed by atoms with van der Waals surface area (Å²) in [5.41, 5.74) is 1.56. The van der Waals surface area contributed by atoms with Crippen LogP contribution in [0.4, 0.5) is 4.39 Å². The minimum absolute atomic E-state index is 0.232. The van der Waals surface area contributed by atoms with Gasteiger partial charge >= 0.3 is 0 Å². The SMILES string of the molecule is COCCOc1ccc(-c2nc(Cl)sc2CC2CCCCC2)cc1F. The van der Waals surface area contributed by atoms with Gasteiger partial charge in [-0.05, 0) is 30.5 Å². The summed E-state index contributed by atoms with van der Waals surface area (Å²) in [6.07, 6.45) is 7.44. The predicted octanol–water partition coefficient (Wildman–Crippen LogP) is 5.75. The molecule has 1 aromatic heterocycles. The van der Waals surface area contributed by atoms with Crippen LogP contribution in [-0.2, 0) is 11.2 Å². The van der Waals surface area contributed by atoms with Gasteiger partial charge < -0.3 is 9.47 Å². The van der Waals surface area contributed by atoms with Gasteiger partial charge in [-0.3, -0.25) is 0 Å². The number of hydrogen-bond donors (Lipinski definition) is 0. The second-order valence-electron chi connectivity index (χ2n) is 6.43. The van der Waals surface area contributed by atoms with E-state index in [4.69, 9.17) is 21.1 Å². The van der Waals surface area contributed by atoms with Gasteiger partial charge in [0.1, 0.15) is 6.61 Å². The molecule has 0 unspecified atom stereocenters. The van der Waals surface area contributed by atoms with Crippen LogP contribution in [0.15, 0.2) is 18.2 Å². The Balaban J connectivity index is 1.77. The summed E-state index contributed by atoms with van der Waals surface area (Å²) in [7, 11) is 1.59. The molecular weight excluding hydrogens is 361 g/mol. The Hall–Kier alpha value is -1.17. The molecule has 1 heterocycles. The van der Waals surface area contributed by atoms with Crippen molar-refractivity contribution in [1.29, 1.82) is 0 Å².